The van der Waals surface area contributed by atoms with Gasteiger partial charge in [0.1, 0.15) is 5.82 Å². The molecule has 0 aliphatic heterocycles. The van der Waals surface area contributed by atoms with Crippen LogP contribution in [-0.2, 0) is 6.61 Å². The molecule has 0 heterocycles. The number of hydrogen-bond acceptors (Lipinski definition) is 1. The third kappa shape index (κ3) is 4.92. The molecule has 0 atom stereocenters. The van der Waals surface area contributed by atoms with Crippen molar-refractivity contribution in [2.24, 2.45) is 0 Å². The molecule has 0 saturated carbocycles. The minimum Gasteiger partial charge on any atom is -1.00 e. The topological polar surface area (TPSA) is 9.23 Å². The van der Waals surface area contributed by atoms with Crippen molar-refractivity contribution < 1.29 is 30.5 Å². The second kappa shape index (κ2) is 8.45. The van der Waals surface area contributed by atoms with Gasteiger partial charge in [0.2, 0.25) is 0 Å². The molecule has 0 fully saturated rings. The van der Waals surface area contributed by atoms with Crippen molar-refractivity contribution in [2.75, 3.05) is 0 Å². The van der Waals surface area contributed by atoms with Crippen LogP contribution in [0.15, 0.2) is 42.5 Å². The van der Waals surface area contributed by atoms with Crippen molar-refractivity contribution in [3.05, 3.63) is 65.7 Å². The Labute approximate surface area is 131 Å². The number of benzene rings is 2. The Morgan fingerprint density at radius 1 is 1.17 bits per heavy atom. The molecule has 0 aliphatic rings. The molecule has 18 heavy (non-hydrogen) atoms. The minimum absolute atomic E-state index is 0. The van der Waals surface area contributed by atoms with E-state index in [1.165, 1.54) is 6.07 Å². The summed E-state index contributed by atoms with van der Waals surface area (Å²) in [5.41, 5.74) is 0.881. The van der Waals surface area contributed by atoms with E-state index in [4.69, 9.17) is 4.74 Å². The van der Waals surface area contributed by atoms with Gasteiger partial charge in [0.05, 0.1) is 6.61 Å². The zero-order valence-electron chi connectivity index (χ0n) is 9.50. The van der Waals surface area contributed by atoms with Gasteiger partial charge in [0.15, 0.2) is 11.6 Å². The van der Waals surface area contributed by atoms with Crippen molar-refractivity contribution in [1.29, 1.82) is 0 Å². The number of rotatable bonds is 3. The first-order chi connectivity index (χ1) is 7.75. The van der Waals surface area contributed by atoms with Gasteiger partial charge in [-0.1, -0.05) is 0 Å². The number of ether oxygens (including phenoxy) is 1. The third-order valence-corrected chi connectivity index (χ3v) is 2.06. The summed E-state index contributed by atoms with van der Waals surface area (Å²) in [6.45, 7) is 0.236. The molecule has 0 saturated heterocycles. The van der Waals surface area contributed by atoms with E-state index in [1.807, 2.05) is 12.1 Å². The first-order valence-electron chi connectivity index (χ1n) is 4.78. The van der Waals surface area contributed by atoms with Crippen LogP contribution in [0.3, 0.4) is 0 Å². The Morgan fingerprint density at radius 2 is 1.94 bits per heavy atom. The van der Waals surface area contributed by atoms with Crippen LogP contribution in [0.4, 0.5) is 8.78 Å². The molecule has 5 heteroatoms. The normalized spacial score (nSPS) is 9.00. The predicted molar refractivity (Wildman–Crippen MR) is 61.7 cm³/mol. The van der Waals surface area contributed by atoms with Gasteiger partial charge in [0, 0.05) is 6.07 Å². The molecule has 90 valence electrons. The summed E-state index contributed by atoms with van der Waals surface area (Å²) in [6, 6.07) is 13.3. The van der Waals surface area contributed by atoms with E-state index in [2.05, 4.69) is 6.07 Å². The van der Waals surface area contributed by atoms with E-state index >= 15 is 0 Å². The van der Waals surface area contributed by atoms with Crippen molar-refractivity contribution in [2.45, 2.75) is 6.61 Å². The van der Waals surface area contributed by atoms with Crippen molar-refractivity contribution in [3.63, 3.8) is 0 Å². The van der Waals surface area contributed by atoms with Crippen LogP contribution in [0, 0.1) is 17.7 Å². The Morgan fingerprint density at radius 3 is 2.56 bits per heavy atom. The molecule has 0 bridgehead atoms. The molecule has 0 amide bonds. The maximum absolute atomic E-state index is 13.2. The first-order valence-corrected chi connectivity index (χ1v) is 4.78. The average molecular weight is 323 g/mol. The fraction of sp³-hybridized carbons (Fsp3) is 0.0769. The molecule has 2 aromatic carbocycles. The minimum atomic E-state index is -0.695. The first kappa shape index (κ1) is 17.3. The van der Waals surface area contributed by atoms with Crippen LogP contribution in [0.25, 0.3) is 0 Å². The Bertz CT molecular complexity index is 480. The van der Waals surface area contributed by atoms with Crippen molar-refractivity contribution in [1.82, 2.24) is 0 Å². The smallest absolute Gasteiger partial charge is 1.00 e. The molecule has 0 aliphatic carbocycles. The van der Waals surface area contributed by atoms with Gasteiger partial charge in [-0.3, -0.25) is 0 Å². The molecule has 0 aromatic heterocycles. The van der Waals surface area contributed by atoms with Crippen LogP contribution < -0.4 is 21.7 Å². The molecule has 0 unspecified atom stereocenters. The molecule has 0 radical (unpaired) electrons. The fourth-order valence-electron chi connectivity index (χ4n) is 1.27. The Kier molecular flexibility index (Phi) is 8.14. The fourth-order valence-corrected chi connectivity index (χ4v) is 1.27. The average Bonchev–Trinajstić information content (AvgIpc) is 2.29. The zero-order valence-corrected chi connectivity index (χ0v) is 12.5. The van der Waals surface area contributed by atoms with Crippen molar-refractivity contribution in [3.8, 4) is 5.75 Å². The van der Waals surface area contributed by atoms with E-state index in [0.717, 1.165) is 17.7 Å². The molecular formula is C13H9BrF2MgO. The summed E-state index contributed by atoms with van der Waals surface area (Å²) in [4.78, 5) is 0. The number of halogens is 3. The van der Waals surface area contributed by atoms with E-state index < -0.39 is 11.6 Å². The summed E-state index contributed by atoms with van der Waals surface area (Å²) in [5, 5.41) is 0. The van der Waals surface area contributed by atoms with Crippen LogP contribution >= 0.6 is 0 Å². The molecule has 1 nitrogen and oxygen atoms in total. The van der Waals surface area contributed by atoms with Gasteiger partial charge in [-0.05, 0) is 12.1 Å². The maximum Gasteiger partial charge on any atom is 2.00 e. The second-order valence-electron chi connectivity index (χ2n) is 3.28. The largest absolute Gasteiger partial charge is 2.00 e. The van der Waals surface area contributed by atoms with Gasteiger partial charge >= 0.3 is 23.1 Å². The monoisotopic (exact) mass is 322 g/mol. The quantitative estimate of drug-likeness (QED) is 0.569. The van der Waals surface area contributed by atoms with E-state index in [1.54, 1.807) is 12.1 Å². The summed E-state index contributed by atoms with van der Waals surface area (Å²) in [7, 11) is 0. The summed E-state index contributed by atoms with van der Waals surface area (Å²) in [5.74, 6) is -1.26. The Balaban J connectivity index is 0.00000144. The summed E-state index contributed by atoms with van der Waals surface area (Å²) in [6.07, 6.45) is 0. The van der Waals surface area contributed by atoms with Crippen LogP contribution in [0.1, 0.15) is 5.56 Å². The third-order valence-electron chi connectivity index (χ3n) is 2.06. The van der Waals surface area contributed by atoms with Gasteiger partial charge in [-0.15, -0.1) is 5.56 Å². The van der Waals surface area contributed by atoms with Crippen LogP contribution in [0.2, 0.25) is 0 Å². The predicted octanol–water partition coefficient (Wildman–Crippen LogP) is -0.0328. The van der Waals surface area contributed by atoms with Crippen molar-refractivity contribution >= 4 is 23.1 Å². The SMILES string of the molecule is Fc1ccc(OCc2c[c-]ccc2)c(F)c1.[Br-].[Mg+2]. The molecule has 0 spiro atoms. The van der Waals surface area contributed by atoms with E-state index in [-0.39, 0.29) is 52.4 Å². The van der Waals surface area contributed by atoms with Gasteiger partial charge in [0.25, 0.3) is 0 Å². The van der Waals surface area contributed by atoms with E-state index in [9.17, 15) is 8.78 Å². The molecule has 0 N–H and O–H groups in total. The Hall–Kier alpha value is -0.654. The molecule has 2 rings (SSSR count). The zero-order chi connectivity index (χ0) is 11.4. The summed E-state index contributed by atoms with van der Waals surface area (Å²) < 4.78 is 31.0. The molecular weight excluding hydrogens is 314 g/mol. The van der Waals surface area contributed by atoms with Gasteiger partial charge in [-0.25, -0.2) is 8.78 Å². The standard InChI is InChI=1S/C13H9F2O.BrH.Mg/c14-11-6-7-13(12(15)8-11)16-9-10-4-2-1-3-5-10;;/h1-2,4-8H,9H2;1H;/q-1;;+2/p-1. The maximum atomic E-state index is 13.2. The van der Waals surface area contributed by atoms with Gasteiger partial charge < -0.3 is 21.7 Å². The second-order valence-corrected chi connectivity index (χ2v) is 3.28. The van der Waals surface area contributed by atoms with Gasteiger partial charge in [-0.2, -0.15) is 30.3 Å². The van der Waals surface area contributed by atoms with E-state index in [0.29, 0.717) is 0 Å². The molecule has 2 aromatic rings. The number of hydrogen-bond donors (Lipinski definition) is 0. The summed E-state index contributed by atoms with van der Waals surface area (Å²) >= 11 is 0. The van der Waals surface area contributed by atoms with Crippen LogP contribution in [0.5, 0.6) is 5.75 Å². The van der Waals surface area contributed by atoms with Crippen LogP contribution in [-0.4, -0.2) is 23.1 Å².